The zero-order chi connectivity index (χ0) is 12.8. The Morgan fingerprint density at radius 3 is 2.53 bits per heavy atom. The molecule has 2 aliphatic carbocycles. The van der Waals surface area contributed by atoms with Gasteiger partial charge in [0, 0.05) is 0 Å². The number of hydrogen-bond donors (Lipinski definition) is 2. The Bertz CT molecular complexity index is 324. The largest absolute Gasteiger partial charge is 0.387 e. The zero-order valence-corrected chi connectivity index (χ0v) is 11.5. The Balaban J connectivity index is 2.42. The van der Waals surface area contributed by atoms with Gasteiger partial charge in [-0.05, 0) is 55.9 Å². The van der Waals surface area contributed by atoms with E-state index in [1.54, 1.807) is 6.92 Å². The molecule has 2 rings (SSSR count). The summed E-state index contributed by atoms with van der Waals surface area (Å²) in [4.78, 5) is 0. The van der Waals surface area contributed by atoms with Gasteiger partial charge in [0.1, 0.15) is 6.10 Å². The van der Waals surface area contributed by atoms with Crippen LogP contribution < -0.4 is 0 Å². The maximum Gasteiger partial charge on any atom is 0.104 e. The van der Waals surface area contributed by atoms with Gasteiger partial charge in [-0.1, -0.05) is 26.3 Å². The topological polar surface area (TPSA) is 40.5 Å². The Morgan fingerprint density at radius 2 is 1.94 bits per heavy atom. The summed E-state index contributed by atoms with van der Waals surface area (Å²) in [6, 6.07) is 0. The Kier molecular flexibility index (Phi) is 3.39. The van der Waals surface area contributed by atoms with Crippen LogP contribution in [0.25, 0.3) is 0 Å². The van der Waals surface area contributed by atoms with Crippen LogP contribution in [0, 0.1) is 17.8 Å². The fourth-order valence-corrected chi connectivity index (χ4v) is 3.60. The number of hydrogen-bond acceptors (Lipinski definition) is 2. The first-order valence-corrected chi connectivity index (χ1v) is 6.98. The van der Waals surface area contributed by atoms with E-state index in [2.05, 4.69) is 20.8 Å². The molecule has 0 unspecified atom stereocenters. The third kappa shape index (κ3) is 2.17. The second-order valence-electron chi connectivity index (χ2n) is 6.57. The van der Waals surface area contributed by atoms with E-state index < -0.39 is 11.7 Å². The predicted molar refractivity (Wildman–Crippen MR) is 69.6 cm³/mol. The monoisotopic (exact) mass is 238 g/mol. The minimum absolute atomic E-state index is 0.461. The van der Waals surface area contributed by atoms with E-state index in [1.807, 2.05) is 0 Å². The summed E-state index contributed by atoms with van der Waals surface area (Å²) < 4.78 is 0. The molecule has 0 radical (unpaired) electrons. The molecule has 0 aromatic heterocycles. The molecule has 98 valence electrons. The molecule has 2 heteroatoms. The van der Waals surface area contributed by atoms with Crippen LogP contribution in [0.15, 0.2) is 11.1 Å². The number of allylic oxidation sites excluding steroid dienone is 1. The molecule has 0 aliphatic heterocycles. The van der Waals surface area contributed by atoms with Crippen LogP contribution in [0.1, 0.15) is 53.4 Å². The van der Waals surface area contributed by atoms with Gasteiger partial charge in [-0.2, -0.15) is 0 Å². The van der Waals surface area contributed by atoms with Crippen molar-refractivity contribution in [2.75, 3.05) is 0 Å². The summed E-state index contributed by atoms with van der Waals surface area (Å²) in [5, 5.41) is 20.7. The molecular weight excluding hydrogens is 212 g/mol. The highest BCUT2D eigenvalue weighted by Gasteiger charge is 2.44. The van der Waals surface area contributed by atoms with E-state index in [0.29, 0.717) is 24.2 Å². The predicted octanol–water partition coefficient (Wildman–Crippen LogP) is 2.89. The summed E-state index contributed by atoms with van der Waals surface area (Å²) in [6.07, 6.45) is 3.40. The maximum atomic E-state index is 10.5. The van der Waals surface area contributed by atoms with Crippen LogP contribution in [-0.4, -0.2) is 21.9 Å². The van der Waals surface area contributed by atoms with Gasteiger partial charge in [0.2, 0.25) is 0 Å². The molecule has 2 N–H and O–H groups in total. The van der Waals surface area contributed by atoms with Crippen molar-refractivity contribution in [1.82, 2.24) is 0 Å². The van der Waals surface area contributed by atoms with Crippen LogP contribution >= 0.6 is 0 Å². The van der Waals surface area contributed by atoms with E-state index in [0.717, 1.165) is 12.8 Å². The zero-order valence-electron chi connectivity index (χ0n) is 11.5. The normalized spacial score (nSPS) is 42.9. The van der Waals surface area contributed by atoms with E-state index in [9.17, 15) is 10.2 Å². The van der Waals surface area contributed by atoms with Crippen molar-refractivity contribution in [2.45, 2.75) is 65.1 Å². The quantitative estimate of drug-likeness (QED) is 0.690. The van der Waals surface area contributed by atoms with Gasteiger partial charge in [-0.25, -0.2) is 0 Å². The summed E-state index contributed by atoms with van der Waals surface area (Å²) in [5.74, 6) is 1.60. The Morgan fingerprint density at radius 1 is 1.29 bits per heavy atom. The first-order chi connectivity index (χ1) is 7.84. The highest BCUT2D eigenvalue weighted by molar-refractivity contribution is 5.31. The standard InChI is InChI=1S/C15H26O2/c1-9(2)11-6-5-10(3)12-7-8-15(4,17)14(16)13(11)12/h9-11,14,16-17H,5-8H2,1-4H3/t10-,11-,14-,15-/m1/s1. The molecule has 0 saturated heterocycles. The summed E-state index contributed by atoms with van der Waals surface area (Å²) in [5.41, 5.74) is 1.69. The van der Waals surface area contributed by atoms with Crippen LogP contribution in [-0.2, 0) is 0 Å². The van der Waals surface area contributed by atoms with Crippen molar-refractivity contribution in [1.29, 1.82) is 0 Å². The van der Waals surface area contributed by atoms with Gasteiger partial charge in [-0.3, -0.25) is 0 Å². The molecule has 2 aliphatic rings. The smallest absolute Gasteiger partial charge is 0.104 e. The second kappa shape index (κ2) is 4.40. The van der Waals surface area contributed by atoms with Gasteiger partial charge in [-0.15, -0.1) is 0 Å². The minimum Gasteiger partial charge on any atom is -0.387 e. The molecule has 17 heavy (non-hydrogen) atoms. The van der Waals surface area contributed by atoms with Crippen molar-refractivity contribution < 1.29 is 10.2 Å². The summed E-state index contributed by atoms with van der Waals surface area (Å²) in [7, 11) is 0. The molecule has 0 aromatic carbocycles. The average Bonchev–Trinajstić information content (AvgIpc) is 2.24. The molecule has 0 saturated carbocycles. The molecule has 0 amide bonds. The molecular formula is C15H26O2. The van der Waals surface area contributed by atoms with Gasteiger partial charge in [0.25, 0.3) is 0 Å². The van der Waals surface area contributed by atoms with Crippen LogP contribution in [0.2, 0.25) is 0 Å². The number of aliphatic hydroxyl groups excluding tert-OH is 1. The molecule has 0 spiro atoms. The van der Waals surface area contributed by atoms with Crippen molar-refractivity contribution in [2.24, 2.45) is 17.8 Å². The van der Waals surface area contributed by atoms with E-state index >= 15 is 0 Å². The molecule has 0 fully saturated rings. The summed E-state index contributed by atoms with van der Waals surface area (Å²) in [6.45, 7) is 8.49. The number of aliphatic hydroxyl groups is 2. The highest BCUT2D eigenvalue weighted by atomic mass is 16.3. The van der Waals surface area contributed by atoms with Gasteiger partial charge < -0.3 is 10.2 Å². The minimum atomic E-state index is -0.928. The lowest BCUT2D eigenvalue weighted by atomic mass is 9.64. The fourth-order valence-electron chi connectivity index (χ4n) is 3.60. The molecule has 4 atom stereocenters. The molecule has 0 bridgehead atoms. The van der Waals surface area contributed by atoms with Gasteiger partial charge in [0.05, 0.1) is 5.60 Å². The first kappa shape index (κ1) is 13.1. The van der Waals surface area contributed by atoms with E-state index in [1.165, 1.54) is 17.6 Å². The van der Waals surface area contributed by atoms with E-state index in [4.69, 9.17) is 0 Å². The lowest BCUT2D eigenvalue weighted by Crippen LogP contribution is -2.47. The number of rotatable bonds is 1. The fraction of sp³-hybridized carbons (Fsp3) is 0.867. The molecule has 0 aromatic rings. The second-order valence-corrected chi connectivity index (χ2v) is 6.57. The molecule has 2 nitrogen and oxygen atoms in total. The van der Waals surface area contributed by atoms with Crippen molar-refractivity contribution in [3.63, 3.8) is 0 Å². The first-order valence-electron chi connectivity index (χ1n) is 6.98. The molecule has 0 heterocycles. The van der Waals surface area contributed by atoms with Gasteiger partial charge in [0.15, 0.2) is 0 Å². The lowest BCUT2D eigenvalue weighted by molar-refractivity contribution is -0.0637. The third-order valence-corrected chi connectivity index (χ3v) is 4.86. The average molecular weight is 238 g/mol. The van der Waals surface area contributed by atoms with Crippen molar-refractivity contribution in [3.8, 4) is 0 Å². The van der Waals surface area contributed by atoms with Crippen molar-refractivity contribution >= 4 is 0 Å². The maximum absolute atomic E-state index is 10.5. The SMILES string of the molecule is CC(C)[C@H]1CC[C@@H](C)C2=C1[C@@H](O)[C@](C)(O)CC2. The highest BCUT2D eigenvalue weighted by Crippen LogP contribution is 2.47. The van der Waals surface area contributed by atoms with Crippen LogP contribution in [0.4, 0.5) is 0 Å². The van der Waals surface area contributed by atoms with E-state index in [-0.39, 0.29) is 0 Å². The summed E-state index contributed by atoms with van der Waals surface area (Å²) >= 11 is 0. The van der Waals surface area contributed by atoms with Crippen LogP contribution in [0.3, 0.4) is 0 Å². The lowest BCUT2D eigenvalue weighted by Gasteiger charge is -2.45. The third-order valence-electron chi connectivity index (χ3n) is 4.86. The Hall–Kier alpha value is -0.340. The van der Waals surface area contributed by atoms with Crippen molar-refractivity contribution in [3.05, 3.63) is 11.1 Å². The van der Waals surface area contributed by atoms with Gasteiger partial charge >= 0.3 is 0 Å². The Labute approximate surface area is 105 Å². The van der Waals surface area contributed by atoms with Crippen LogP contribution in [0.5, 0.6) is 0 Å².